The molecule has 14 heavy (non-hydrogen) atoms. The Bertz CT molecular complexity index is 348. The van der Waals surface area contributed by atoms with E-state index in [1.165, 1.54) is 7.11 Å². The van der Waals surface area contributed by atoms with E-state index in [0.29, 0.717) is 6.07 Å². The number of hydrogen-bond acceptors (Lipinski definition) is 1. The van der Waals surface area contributed by atoms with E-state index in [4.69, 9.17) is 11.6 Å². The van der Waals surface area contributed by atoms with E-state index in [1.807, 2.05) is 0 Å². The van der Waals surface area contributed by atoms with Gasteiger partial charge in [-0.3, -0.25) is 0 Å². The zero-order chi connectivity index (χ0) is 10.9. The molecule has 0 saturated heterocycles. The van der Waals surface area contributed by atoms with E-state index in [-0.39, 0.29) is 5.75 Å². The molecule has 0 radical (unpaired) electrons. The predicted octanol–water partition coefficient (Wildman–Crippen LogP) is 3.51. The van der Waals surface area contributed by atoms with Crippen LogP contribution in [0.3, 0.4) is 0 Å². The minimum atomic E-state index is -4.75. The van der Waals surface area contributed by atoms with Gasteiger partial charge in [0, 0.05) is 0 Å². The van der Waals surface area contributed by atoms with Crippen LogP contribution in [0.25, 0.3) is 0 Å². The largest absolute Gasteiger partial charge is 0.495 e. The molecule has 0 N–H and O–H groups in total. The summed E-state index contributed by atoms with van der Waals surface area (Å²) in [6.45, 7) is 0. The molecule has 0 amide bonds. The Kier molecular flexibility index (Phi) is 2.89. The van der Waals surface area contributed by atoms with Crippen molar-refractivity contribution in [3.63, 3.8) is 0 Å². The van der Waals surface area contributed by atoms with E-state index in [2.05, 4.69) is 4.74 Å². The molecule has 0 spiro atoms. The summed E-state index contributed by atoms with van der Waals surface area (Å²) >= 11 is 5.30. The lowest BCUT2D eigenvalue weighted by Gasteiger charge is -2.10. The summed E-state index contributed by atoms with van der Waals surface area (Å²) in [5, 5.41) is -0.665. The van der Waals surface area contributed by atoms with E-state index in [0.717, 1.165) is 6.07 Å². The highest BCUT2D eigenvalue weighted by molar-refractivity contribution is 6.32. The van der Waals surface area contributed by atoms with Crippen molar-refractivity contribution in [2.45, 2.75) is 6.18 Å². The van der Waals surface area contributed by atoms with Gasteiger partial charge in [-0.25, -0.2) is 4.39 Å². The number of rotatable bonds is 1. The molecule has 1 aromatic carbocycles. The average molecular weight is 229 g/mol. The highest BCUT2D eigenvalue weighted by Gasteiger charge is 2.35. The van der Waals surface area contributed by atoms with Crippen molar-refractivity contribution < 1.29 is 22.3 Å². The third-order valence-corrected chi connectivity index (χ3v) is 1.92. The SMILES string of the molecule is COc1ccc(C(F)(F)F)c(F)c1Cl. The molecule has 0 aliphatic heterocycles. The Morgan fingerprint density at radius 3 is 2.29 bits per heavy atom. The Labute approximate surface area is 82.2 Å². The molecule has 0 saturated carbocycles. The molecule has 0 fully saturated rings. The van der Waals surface area contributed by atoms with Gasteiger partial charge in [-0.1, -0.05) is 11.6 Å². The van der Waals surface area contributed by atoms with Gasteiger partial charge in [-0.2, -0.15) is 13.2 Å². The highest BCUT2D eigenvalue weighted by atomic mass is 35.5. The molecular formula is C8H5ClF4O. The normalized spacial score (nSPS) is 11.6. The maximum absolute atomic E-state index is 13.0. The van der Waals surface area contributed by atoms with Crippen molar-refractivity contribution >= 4 is 11.6 Å². The summed E-state index contributed by atoms with van der Waals surface area (Å²) in [5.74, 6) is -1.64. The van der Waals surface area contributed by atoms with Crippen LogP contribution < -0.4 is 4.74 Å². The van der Waals surface area contributed by atoms with E-state index < -0.39 is 22.6 Å². The van der Waals surface area contributed by atoms with Crippen molar-refractivity contribution in [1.82, 2.24) is 0 Å². The molecule has 0 bridgehead atoms. The average Bonchev–Trinajstić information content (AvgIpc) is 2.07. The minimum absolute atomic E-state index is 0.128. The lowest BCUT2D eigenvalue weighted by atomic mass is 10.2. The van der Waals surface area contributed by atoms with Gasteiger partial charge in [0.25, 0.3) is 0 Å². The van der Waals surface area contributed by atoms with Crippen molar-refractivity contribution in [3.8, 4) is 5.75 Å². The molecule has 0 unspecified atom stereocenters. The smallest absolute Gasteiger partial charge is 0.419 e. The van der Waals surface area contributed by atoms with Crippen LogP contribution in [0, 0.1) is 5.82 Å². The van der Waals surface area contributed by atoms with Crippen LogP contribution in [0.15, 0.2) is 12.1 Å². The van der Waals surface area contributed by atoms with E-state index in [9.17, 15) is 17.6 Å². The number of benzene rings is 1. The Hall–Kier alpha value is -0.970. The topological polar surface area (TPSA) is 9.23 Å². The molecular weight excluding hydrogens is 224 g/mol. The molecule has 0 heterocycles. The number of hydrogen-bond donors (Lipinski definition) is 0. The molecule has 78 valence electrons. The third-order valence-electron chi connectivity index (χ3n) is 1.57. The van der Waals surface area contributed by atoms with Crippen LogP contribution >= 0.6 is 11.6 Å². The van der Waals surface area contributed by atoms with Crippen molar-refractivity contribution in [3.05, 3.63) is 28.5 Å². The molecule has 1 aromatic rings. The van der Waals surface area contributed by atoms with Gasteiger partial charge >= 0.3 is 6.18 Å². The first-order valence-electron chi connectivity index (χ1n) is 3.47. The van der Waals surface area contributed by atoms with Crippen LogP contribution in [0.1, 0.15) is 5.56 Å². The van der Waals surface area contributed by atoms with Crippen molar-refractivity contribution in [2.24, 2.45) is 0 Å². The molecule has 1 nitrogen and oxygen atoms in total. The zero-order valence-electron chi connectivity index (χ0n) is 6.95. The quantitative estimate of drug-likeness (QED) is 0.669. The zero-order valence-corrected chi connectivity index (χ0v) is 7.71. The van der Waals surface area contributed by atoms with Crippen LogP contribution in [0.5, 0.6) is 5.75 Å². The van der Waals surface area contributed by atoms with E-state index >= 15 is 0 Å². The fourth-order valence-corrected chi connectivity index (χ4v) is 1.15. The van der Waals surface area contributed by atoms with Gasteiger partial charge < -0.3 is 4.74 Å². The summed E-state index contributed by atoms with van der Waals surface area (Å²) in [6, 6.07) is 1.55. The molecule has 0 aromatic heterocycles. The molecule has 6 heteroatoms. The summed E-state index contributed by atoms with van der Waals surface area (Å²) in [6.07, 6.45) is -4.75. The van der Waals surface area contributed by atoms with Crippen LogP contribution in [-0.4, -0.2) is 7.11 Å². The monoisotopic (exact) mass is 228 g/mol. The Morgan fingerprint density at radius 2 is 1.86 bits per heavy atom. The van der Waals surface area contributed by atoms with Crippen LogP contribution in [0.4, 0.5) is 17.6 Å². The second kappa shape index (κ2) is 3.65. The van der Waals surface area contributed by atoms with Gasteiger partial charge in [-0.15, -0.1) is 0 Å². The number of methoxy groups -OCH3 is 1. The Morgan fingerprint density at radius 1 is 1.29 bits per heavy atom. The first-order chi connectivity index (χ1) is 6.38. The standard InChI is InChI=1S/C8H5ClF4O/c1-14-5-3-2-4(8(11,12)13)7(10)6(5)9/h2-3H,1H3. The number of alkyl halides is 3. The molecule has 0 aliphatic rings. The molecule has 0 atom stereocenters. The molecule has 1 rings (SSSR count). The maximum Gasteiger partial charge on any atom is 0.419 e. The number of halogens is 5. The van der Waals surface area contributed by atoms with Gasteiger partial charge in [-0.05, 0) is 12.1 Å². The van der Waals surface area contributed by atoms with E-state index in [1.54, 1.807) is 0 Å². The summed E-state index contributed by atoms with van der Waals surface area (Å²) in [4.78, 5) is 0. The van der Waals surface area contributed by atoms with Crippen molar-refractivity contribution in [1.29, 1.82) is 0 Å². The van der Waals surface area contributed by atoms with Gasteiger partial charge in [0.05, 0.1) is 12.7 Å². The van der Waals surface area contributed by atoms with Crippen LogP contribution in [0.2, 0.25) is 5.02 Å². The lowest BCUT2D eigenvalue weighted by molar-refractivity contribution is -0.140. The fraction of sp³-hybridized carbons (Fsp3) is 0.250. The van der Waals surface area contributed by atoms with Gasteiger partial charge in [0.2, 0.25) is 0 Å². The van der Waals surface area contributed by atoms with Gasteiger partial charge in [0.15, 0.2) is 5.82 Å². The number of ether oxygens (including phenoxy) is 1. The predicted molar refractivity (Wildman–Crippen MR) is 43.0 cm³/mol. The maximum atomic E-state index is 13.0. The van der Waals surface area contributed by atoms with Gasteiger partial charge in [0.1, 0.15) is 10.8 Å². The van der Waals surface area contributed by atoms with Crippen molar-refractivity contribution in [2.75, 3.05) is 7.11 Å². The fourth-order valence-electron chi connectivity index (χ4n) is 0.908. The molecule has 0 aliphatic carbocycles. The lowest BCUT2D eigenvalue weighted by Crippen LogP contribution is -2.08. The summed E-state index contributed by atoms with van der Waals surface area (Å²) < 4.78 is 53.9. The minimum Gasteiger partial charge on any atom is -0.495 e. The van der Waals surface area contributed by atoms with Crippen LogP contribution in [-0.2, 0) is 6.18 Å². The Balaban J connectivity index is 3.31. The second-order valence-electron chi connectivity index (χ2n) is 2.44. The third kappa shape index (κ3) is 1.92. The first kappa shape index (κ1) is 11.1. The first-order valence-corrected chi connectivity index (χ1v) is 3.85. The summed E-state index contributed by atoms with van der Waals surface area (Å²) in [5.41, 5.74) is -1.40. The summed E-state index contributed by atoms with van der Waals surface area (Å²) in [7, 11) is 1.19. The second-order valence-corrected chi connectivity index (χ2v) is 2.82. The highest BCUT2D eigenvalue weighted by Crippen LogP contribution is 2.37.